The van der Waals surface area contributed by atoms with E-state index in [9.17, 15) is 4.79 Å². The molecule has 1 N–H and O–H groups in total. The molecule has 32 heavy (non-hydrogen) atoms. The lowest BCUT2D eigenvalue weighted by atomic mass is 9.87. The van der Waals surface area contributed by atoms with E-state index in [1.807, 2.05) is 47.7 Å². The van der Waals surface area contributed by atoms with Crippen LogP contribution in [0.1, 0.15) is 48.0 Å². The van der Waals surface area contributed by atoms with Gasteiger partial charge in [-0.2, -0.15) is 0 Å². The molecule has 0 atom stereocenters. The Kier molecular flexibility index (Phi) is 6.92. The Labute approximate surface area is 195 Å². The van der Waals surface area contributed by atoms with Crippen molar-refractivity contribution in [2.45, 2.75) is 39.2 Å². The summed E-state index contributed by atoms with van der Waals surface area (Å²) in [7, 11) is 0. The highest BCUT2D eigenvalue weighted by Gasteiger charge is 2.17. The van der Waals surface area contributed by atoms with Crippen molar-refractivity contribution in [1.82, 2.24) is 9.88 Å². The molecule has 3 heterocycles. The number of carbonyl (C=O) groups excluding carboxylic acids is 1. The van der Waals surface area contributed by atoms with Crippen LogP contribution in [0, 0.1) is 0 Å². The van der Waals surface area contributed by atoms with Crippen LogP contribution >= 0.6 is 11.3 Å². The van der Waals surface area contributed by atoms with Crippen LogP contribution < -0.4 is 10.2 Å². The summed E-state index contributed by atoms with van der Waals surface area (Å²) in [5, 5.41) is 5.11. The zero-order valence-electron chi connectivity index (χ0n) is 19.2. The standard InChI is InChI=1S/C26H32N4OS/c1-26(2,3)21-9-7-20(8-10-21)25(31)28-22-11-12-24(27-18-22)30-14-5-13-29(15-16-30)19-23-6-4-17-32-23/h4,6-12,17-18H,5,13-16,19H2,1-3H3,(H,28,31). The van der Waals surface area contributed by atoms with Crippen LogP contribution in [-0.2, 0) is 12.0 Å². The molecule has 6 heteroatoms. The van der Waals surface area contributed by atoms with Gasteiger partial charge in [0.2, 0.25) is 0 Å². The molecule has 2 aromatic heterocycles. The quantitative estimate of drug-likeness (QED) is 0.567. The Bertz CT molecular complexity index is 1010. The number of pyridine rings is 1. The highest BCUT2D eigenvalue weighted by Crippen LogP contribution is 2.23. The fraction of sp³-hybridized carbons (Fsp3) is 0.385. The number of thiophene rings is 1. The minimum atomic E-state index is -0.112. The molecule has 1 aliphatic rings. The topological polar surface area (TPSA) is 48.5 Å². The van der Waals surface area contributed by atoms with Crippen molar-refractivity contribution in [1.29, 1.82) is 0 Å². The number of hydrogen-bond donors (Lipinski definition) is 1. The molecular formula is C26H32N4OS. The molecule has 4 rings (SSSR count). The average molecular weight is 449 g/mol. The fourth-order valence-electron chi connectivity index (χ4n) is 3.95. The lowest BCUT2D eigenvalue weighted by molar-refractivity contribution is 0.102. The van der Waals surface area contributed by atoms with Crippen molar-refractivity contribution in [3.63, 3.8) is 0 Å². The molecule has 0 bridgehead atoms. The van der Waals surface area contributed by atoms with Crippen LogP contribution in [0.3, 0.4) is 0 Å². The number of hydrogen-bond acceptors (Lipinski definition) is 5. The minimum Gasteiger partial charge on any atom is -0.355 e. The van der Waals surface area contributed by atoms with Gasteiger partial charge in [0.25, 0.3) is 5.91 Å². The maximum absolute atomic E-state index is 12.6. The third-order valence-corrected chi connectivity index (χ3v) is 6.75. The number of nitrogens with one attached hydrogen (secondary N) is 1. The van der Waals surface area contributed by atoms with Crippen molar-refractivity contribution in [2.75, 3.05) is 36.4 Å². The van der Waals surface area contributed by atoms with Crippen LogP contribution in [0.2, 0.25) is 0 Å². The van der Waals surface area contributed by atoms with E-state index in [-0.39, 0.29) is 11.3 Å². The summed E-state index contributed by atoms with van der Waals surface area (Å²) in [4.78, 5) is 23.5. The number of carbonyl (C=O) groups is 1. The predicted molar refractivity (Wildman–Crippen MR) is 134 cm³/mol. The van der Waals surface area contributed by atoms with E-state index >= 15 is 0 Å². The summed E-state index contributed by atoms with van der Waals surface area (Å²) >= 11 is 1.82. The Morgan fingerprint density at radius 3 is 2.50 bits per heavy atom. The summed E-state index contributed by atoms with van der Waals surface area (Å²) in [5.41, 5.74) is 2.66. The Morgan fingerprint density at radius 1 is 1.03 bits per heavy atom. The Hall–Kier alpha value is -2.70. The normalized spacial score (nSPS) is 15.4. The number of aromatic nitrogens is 1. The molecule has 0 radical (unpaired) electrons. The van der Waals surface area contributed by atoms with Crippen molar-refractivity contribution in [3.8, 4) is 0 Å². The summed E-state index contributed by atoms with van der Waals surface area (Å²) < 4.78 is 0. The number of nitrogens with zero attached hydrogens (tertiary/aromatic N) is 3. The Morgan fingerprint density at radius 2 is 1.84 bits per heavy atom. The minimum absolute atomic E-state index is 0.0725. The first kappa shape index (κ1) is 22.5. The largest absolute Gasteiger partial charge is 0.355 e. The second kappa shape index (κ2) is 9.84. The van der Waals surface area contributed by atoms with E-state index < -0.39 is 0 Å². The summed E-state index contributed by atoms with van der Waals surface area (Å²) in [6.07, 6.45) is 2.88. The molecule has 1 fully saturated rings. The second-order valence-corrected chi connectivity index (χ2v) is 10.4. The van der Waals surface area contributed by atoms with Crippen LogP contribution in [0.5, 0.6) is 0 Å². The van der Waals surface area contributed by atoms with Crippen LogP contribution in [0.4, 0.5) is 11.5 Å². The van der Waals surface area contributed by atoms with Gasteiger partial charge in [-0.05, 0) is 53.1 Å². The Balaban J connectivity index is 1.33. The molecule has 1 aliphatic heterocycles. The van der Waals surface area contributed by atoms with Crippen molar-refractivity contribution in [3.05, 3.63) is 76.1 Å². The smallest absolute Gasteiger partial charge is 0.255 e. The molecule has 0 saturated carbocycles. The van der Waals surface area contributed by atoms with Gasteiger partial charge >= 0.3 is 0 Å². The van der Waals surface area contributed by atoms with Gasteiger partial charge in [0.1, 0.15) is 5.82 Å². The summed E-state index contributed by atoms with van der Waals surface area (Å²) in [5.74, 6) is 0.856. The average Bonchev–Trinajstić information content (AvgIpc) is 3.18. The maximum Gasteiger partial charge on any atom is 0.255 e. The van der Waals surface area contributed by atoms with E-state index in [0.717, 1.165) is 45.0 Å². The van der Waals surface area contributed by atoms with Crippen LogP contribution in [0.15, 0.2) is 60.1 Å². The SMILES string of the molecule is CC(C)(C)c1ccc(C(=O)Nc2ccc(N3CCCN(Cc4cccs4)CC3)nc2)cc1. The van der Waals surface area contributed by atoms with E-state index in [0.29, 0.717) is 11.3 Å². The molecule has 0 unspecified atom stereocenters. The highest BCUT2D eigenvalue weighted by atomic mass is 32.1. The second-order valence-electron chi connectivity index (χ2n) is 9.38. The third-order valence-electron chi connectivity index (χ3n) is 5.89. The molecule has 1 amide bonds. The van der Waals surface area contributed by atoms with Crippen LogP contribution in [-0.4, -0.2) is 42.0 Å². The van der Waals surface area contributed by atoms with Crippen molar-refractivity contribution < 1.29 is 4.79 Å². The van der Waals surface area contributed by atoms with Gasteiger partial charge in [-0.3, -0.25) is 9.69 Å². The van der Waals surface area contributed by atoms with Gasteiger partial charge < -0.3 is 10.2 Å². The van der Waals surface area contributed by atoms with Gasteiger partial charge in [-0.15, -0.1) is 11.3 Å². The molecular weight excluding hydrogens is 416 g/mol. The van der Waals surface area contributed by atoms with Gasteiger partial charge in [0.05, 0.1) is 11.9 Å². The molecule has 3 aromatic rings. The van der Waals surface area contributed by atoms with E-state index in [1.165, 1.54) is 10.4 Å². The van der Waals surface area contributed by atoms with Gasteiger partial charge in [0, 0.05) is 43.2 Å². The highest BCUT2D eigenvalue weighted by molar-refractivity contribution is 7.09. The predicted octanol–water partition coefficient (Wildman–Crippen LogP) is 5.41. The molecule has 168 valence electrons. The molecule has 1 aromatic carbocycles. The van der Waals surface area contributed by atoms with Gasteiger partial charge in [-0.25, -0.2) is 4.98 Å². The third kappa shape index (κ3) is 5.75. The summed E-state index contributed by atoms with van der Waals surface area (Å²) in [6.45, 7) is 11.6. The van der Waals surface area contributed by atoms with E-state index in [2.05, 4.69) is 58.4 Å². The summed E-state index contributed by atoms with van der Waals surface area (Å²) in [6, 6.07) is 16.1. The lowest BCUT2D eigenvalue weighted by Crippen LogP contribution is -2.30. The van der Waals surface area contributed by atoms with Gasteiger partial charge in [-0.1, -0.05) is 39.0 Å². The van der Waals surface area contributed by atoms with Crippen molar-refractivity contribution in [2.24, 2.45) is 0 Å². The monoisotopic (exact) mass is 448 g/mol. The number of rotatable bonds is 5. The molecule has 0 spiro atoms. The van der Waals surface area contributed by atoms with Crippen LogP contribution in [0.25, 0.3) is 0 Å². The zero-order chi connectivity index (χ0) is 22.6. The molecule has 1 saturated heterocycles. The number of amides is 1. The number of benzene rings is 1. The first-order valence-corrected chi connectivity index (χ1v) is 12.1. The first-order valence-electron chi connectivity index (χ1n) is 11.3. The zero-order valence-corrected chi connectivity index (χ0v) is 20.0. The fourth-order valence-corrected chi connectivity index (χ4v) is 4.70. The lowest BCUT2D eigenvalue weighted by Gasteiger charge is -2.22. The molecule has 5 nitrogen and oxygen atoms in total. The van der Waals surface area contributed by atoms with Gasteiger partial charge in [0.15, 0.2) is 0 Å². The van der Waals surface area contributed by atoms with E-state index in [1.54, 1.807) is 6.20 Å². The van der Waals surface area contributed by atoms with Crippen molar-refractivity contribution >= 4 is 28.7 Å². The molecule has 0 aliphatic carbocycles. The maximum atomic E-state index is 12.6. The first-order chi connectivity index (χ1) is 15.4. The number of anilines is 2. The van der Waals surface area contributed by atoms with E-state index in [4.69, 9.17) is 0 Å².